The summed E-state index contributed by atoms with van der Waals surface area (Å²) in [6, 6.07) is 7.79. The molecule has 2 heterocycles. The van der Waals surface area contributed by atoms with Crippen LogP contribution in [0.2, 0.25) is 0 Å². The largest absolute Gasteiger partial charge is 0.478 e. The van der Waals surface area contributed by atoms with Crippen molar-refractivity contribution >= 4 is 22.8 Å². The molecular weight excluding hydrogens is 340 g/mol. The maximum Gasteiger partial charge on any atom is 0.335 e. The van der Waals surface area contributed by atoms with Gasteiger partial charge in [-0.3, -0.25) is 0 Å². The van der Waals surface area contributed by atoms with E-state index in [1.807, 2.05) is 4.90 Å². The fraction of sp³-hybridized carbons (Fsp3) is 0.211. The SMILES string of the molecule is O=C(O)c1ccc2nc(-c3ccc(F)cc3F)c(N3CCCC3)nc2c1. The normalized spacial score (nSPS) is 14.2. The summed E-state index contributed by atoms with van der Waals surface area (Å²) in [6.07, 6.45) is 1.97. The number of aromatic nitrogens is 2. The number of benzene rings is 2. The Bertz CT molecular complexity index is 1020. The van der Waals surface area contributed by atoms with Gasteiger partial charge in [0.1, 0.15) is 17.3 Å². The van der Waals surface area contributed by atoms with Gasteiger partial charge in [0.2, 0.25) is 0 Å². The molecule has 0 spiro atoms. The third kappa shape index (κ3) is 2.85. The zero-order valence-corrected chi connectivity index (χ0v) is 13.7. The summed E-state index contributed by atoms with van der Waals surface area (Å²) in [4.78, 5) is 22.3. The average molecular weight is 355 g/mol. The number of nitrogens with zero attached hydrogens (tertiary/aromatic N) is 3. The van der Waals surface area contributed by atoms with E-state index in [-0.39, 0.29) is 11.1 Å². The number of carbonyl (C=O) groups is 1. The van der Waals surface area contributed by atoms with Crippen molar-refractivity contribution in [2.75, 3.05) is 18.0 Å². The van der Waals surface area contributed by atoms with Crippen LogP contribution < -0.4 is 4.90 Å². The number of fused-ring (bicyclic) bond motifs is 1. The molecule has 0 atom stereocenters. The van der Waals surface area contributed by atoms with Gasteiger partial charge in [0.15, 0.2) is 5.82 Å². The predicted molar refractivity (Wildman–Crippen MR) is 93.3 cm³/mol. The van der Waals surface area contributed by atoms with Crippen LogP contribution in [0.4, 0.5) is 14.6 Å². The van der Waals surface area contributed by atoms with Crippen molar-refractivity contribution in [1.29, 1.82) is 0 Å². The molecule has 1 aliphatic heterocycles. The van der Waals surface area contributed by atoms with Gasteiger partial charge < -0.3 is 10.0 Å². The maximum absolute atomic E-state index is 14.4. The van der Waals surface area contributed by atoms with Crippen LogP contribution in [-0.4, -0.2) is 34.1 Å². The Balaban J connectivity index is 1.96. The van der Waals surface area contributed by atoms with E-state index in [9.17, 15) is 18.7 Å². The van der Waals surface area contributed by atoms with Crippen LogP contribution in [0.3, 0.4) is 0 Å². The highest BCUT2D eigenvalue weighted by Crippen LogP contribution is 2.33. The van der Waals surface area contributed by atoms with Crippen molar-refractivity contribution in [2.24, 2.45) is 0 Å². The molecule has 1 aliphatic rings. The fourth-order valence-electron chi connectivity index (χ4n) is 3.19. The number of carboxylic acid groups (broad SMARTS) is 1. The van der Waals surface area contributed by atoms with Gasteiger partial charge in [-0.2, -0.15) is 0 Å². The lowest BCUT2D eigenvalue weighted by molar-refractivity contribution is 0.0697. The second-order valence-corrected chi connectivity index (χ2v) is 6.22. The van der Waals surface area contributed by atoms with Crippen molar-refractivity contribution in [2.45, 2.75) is 12.8 Å². The van der Waals surface area contributed by atoms with Crippen molar-refractivity contribution in [3.05, 3.63) is 53.6 Å². The minimum absolute atomic E-state index is 0.111. The molecule has 2 aromatic carbocycles. The quantitative estimate of drug-likeness (QED) is 0.772. The number of rotatable bonds is 3. The Labute approximate surface area is 147 Å². The zero-order valence-electron chi connectivity index (χ0n) is 13.7. The molecular formula is C19H15F2N3O2. The number of anilines is 1. The highest BCUT2D eigenvalue weighted by Gasteiger charge is 2.22. The topological polar surface area (TPSA) is 66.3 Å². The van der Waals surface area contributed by atoms with E-state index < -0.39 is 17.6 Å². The van der Waals surface area contributed by atoms with Crippen LogP contribution in [-0.2, 0) is 0 Å². The lowest BCUT2D eigenvalue weighted by Crippen LogP contribution is -2.20. The Morgan fingerprint density at radius 1 is 1.00 bits per heavy atom. The van der Waals surface area contributed by atoms with E-state index in [1.165, 1.54) is 24.3 Å². The fourth-order valence-corrected chi connectivity index (χ4v) is 3.19. The Morgan fingerprint density at radius 2 is 1.77 bits per heavy atom. The second kappa shape index (κ2) is 6.33. The molecule has 1 saturated heterocycles. The predicted octanol–water partition coefficient (Wildman–Crippen LogP) is 3.87. The summed E-state index contributed by atoms with van der Waals surface area (Å²) in [6.45, 7) is 1.52. The molecule has 0 radical (unpaired) electrons. The standard InChI is InChI=1S/C19H15F2N3O2/c20-12-4-5-13(14(21)10-12)17-18(24-7-1-2-8-24)23-16-9-11(19(25)26)3-6-15(16)22-17/h3-6,9-10H,1-2,7-8H2,(H,25,26). The van der Waals surface area contributed by atoms with Gasteiger partial charge in [0, 0.05) is 24.7 Å². The Kier molecular flexibility index (Phi) is 3.99. The summed E-state index contributed by atoms with van der Waals surface area (Å²) < 4.78 is 27.7. The van der Waals surface area contributed by atoms with Crippen LogP contribution in [0, 0.1) is 11.6 Å². The van der Waals surface area contributed by atoms with Crippen molar-refractivity contribution in [3.8, 4) is 11.3 Å². The first-order chi connectivity index (χ1) is 12.5. The molecule has 0 bridgehead atoms. The van der Waals surface area contributed by atoms with E-state index >= 15 is 0 Å². The molecule has 0 aliphatic carbocycles. The second-order valence-electron chi connectivity index (χ2n) is 6.22. The van der Waals surface area contributed by atoms with Crippen LogP contribution in [0.5, 0.6) is 0 Å². The average Bonchev–Trinajstić information content (AvgIpc) is 3.14. The molecule has 7 heteroatoms. The minimum Gasteiger partial charge on any atom is -0.478 e. The minimum atomic E-state index is -1.05. The molecule has 0 saturated carbocycles. The molecule has 1 N–H and O–H groups in total. The lowest BCUT2D eigenvalue weighted by Gasteiger charge is -2.20. The first kappa shape index (κ1) is 16.4. The zero-order chi connectivity index (χ0) is 18.3. The number of carboxylic acids is 1. The summed E-state index contributed by atoms with van der Waals surface area (Å²) in [5.74, 6) is -1.93. The third-order valence-corrected chi connectivity index (χ3v) is 4.48. The monoisotopic (exact) mass is 355 g/mol. The van der Waals surface area contributed by atoms with Gasteiger partial charge in [-0.1, -0.05) is 0 Å². The molecule has 4 rings (SSSR count). The molecule has 26 heavy (non-hydrogen) atoms. The summed E-state index contributed by atoms with van der Waals surface area (Å²) in [5, 5.41) is 9.18. The summed E-state index contributed by atoms with van der Waals surface area (Å²) in [5.41, 5.74) is 1.50. The van der Waals surface area contributed by atoms with Crippen LogP contribution in [0.25, 0.3) is 22.3 Å². The van der Waals surface area contributed by atoms with Crippen LogP contribution >= 0.6 is 0 Å². The van der Waals surface area contributed by atoms with E-state index in [0.29, 0.717) is 22.5 Å². The third-order valence-electron chi connectivity index (χ3n) is 4.48. The van der Waals surface area contributed by atoms with Crippen molar-refractivity contribution < 1.29 is 18.7 Å². The Hall–Kier alpha value is -3.09. The molecule has 3 aromatic rings. The van der Waals surface area contributed by atoms with E-state index in [0.717, 1.165) is 32.0 Å². The smallest absolute Gasteiger partial charge is 0.335 e. The highest BCUT2D eigenvalue weighted by atomic mass is 19.1. The lowest BCUT2D eigenvalue weighted by atomic mass is 10.1. The molecule has 5 nitrogen and oxygen atoms in total. The van der Waals surface area contributed by atoms with Gasteiger partial charge in [-0.05, 0) is 43.2 Å². The van der Waals surface area contributed by atoms with Crippen molar-refractivity contribution in [3.63, 3.8) is 0 Å². The van der Waals surface area contributed by atoms with E-state index in [2.05, 4.69) is 9.97 Å². The van der Waals surface area contributed by atoms with Crippen LogP contribution in [0.15, 0.2) is 36.4 Å². The van der Waals surface area contributed by atoms with Gasteiger partial charge in [0.25, 0.3) is 0 Å². The highest BCUT2D eigenvalue weighted by molar-refractivity contribution is 5.93. The Morgan fingerprint density at radius 3 is 2.46 bits per heavy atom. The van der Waals surface area contributed by atoms with E-state index in [1.54, 1.807) is 6.07 Å². The van der Waals surface area contributed by atoms with Crippen molar-refractivity contribution in [1.82, 2.24) is 9.97 Å². The summed E-state index contributed by atoms with van der Waals surface area (Å²) >= 11 is 0. The van der Waals surface area contributed by atoms with Gasteiger partial charge in [-0.25, -0.2) is 23.5 Å². The number of aromatic carboxylic acids is 1. The first-order valence-corrected chi connectivity index (χ1v) is 8.28. The molecule has 0 unspecified atom stereocenters. The van der Waals surface area contributed by atoms with E-state index in [4.69, 9.17) is 0 Å². The van der Waals surface area contributed by atoms with Gasteiger partial charge in [0.05, 0.1) is 16.6 Å². The molecule has 1 aromatic heterocycles. The maximum atomic E-state index is 14.4. The van der Waals surface area contributed by atoms with Gasteiger partial charge in [-0.15, -0.1) is 0 Å². The number of hydrogen-bond donors (Lipinski definition) is 1. The number of hydrogen-bond acceptors (Lipinski definition) is 4. The summed E-state index contributed by atoms with van der Waals surface area (Å²) in [7, 11) is 0. The van der Waals surface area contributed by atoms with Gasteiger partial charge >= 0.3 is 5.97 Å². The molecule has 0 amide bonds. The first-order valence-electron chi connectivity index (χ1n) is 8.28. The molecule has 1 fully saturated rings. The van der Waals surface area contributed by atoms with Crippen LogP contribution in [0.1, 0.15) is 23.2 Å². The number of halogens is 2. The molecule has 132 valence electrons.